The Morgan fingerprint density at radius 3 is 2.39 bits per heavy atom. The zero-order valence-corrected chi connectivity index (χ0v) is 18.6. The normalized spacial score (nSPS) is 11.0. The fourth-order valence-electron chi connectivity index (χ4n) is 3.10. The van der Waals surface area contributed by atoms with Gasteiger partial charge in [-0.15, -0.1) is 0 Å². The summed E-state index contributed by atoms with van der Waals surface area (Å²) in [5, 5.41) is 12.8. The van der Waals surface area contributed by atoms with Gasteiger partial charge in [-0.25, -0.2) is 0 Å². The average molecular weight is 451 g/mol. The molecule has 0 aliphatic carbocycles. The molecule has 0 saturated carbocycles. The molecule has 0 spiro atoms. The summed E-state index contributed by atoms with van der Waals surface area (Å²) in [6.45, 7) is 4.47. The summed E-state index contributed by atoms with van der Waals surface area (Å²) in [5.74, 6) is -0.0288. The molecule has 0 heterocycles. The van der Waals surface area contributed by atoms with E-state index in [-0.39, 0.29) is 5.57 Å². The molecule has 4 nitrogen and oxygen atoms in total. The molecular weight excluding hydrogens is 431 g/mol. The Labute approximate surface area is 191 Å². The van der Waals surface area contributed by atoms with Crippen molar-refractivity contribution >= 4 is 40.9 Å². The number of amides is 1. The molecular formula is C25H20Cl2N2O2. The van der Waals surface area contributed by atoms with Crippen LogP contribution in [0, 0.1) is 25.2 Å². The Morgan fingerprint density at radius 2 is 1.74 bits per heavy atom. The van der Waals surface area contributed by atoms with Crippen molar-refractivity contribution in [1.29, 1.82) is 5.26 Å². The number of anilines is 1. The molecule has 1 N–H and O–H groups in total. The summed E-state index contributed by atoms with van der Waals surface area (Å²) in [6, 6.07) is 20.1. The third-order valence-corrected chi connectivity index (χ3v) is 5.05. The van der Waals surface area contributed by atoms with Crippen molar-refractivity contribution in [3.63, 3.8) is 0 Å². The minimum atomic E-state index is -0.554. The number of nitriles is 1. The Morgan fingerprint density at radius 1 is 1.03 bits per heavy atom. The van der Waals surface area contributed by atoms with Gasteiger partial charge >= 0.3 is 0 Å². The van der Waals surface area contributed by atoms with Gasteiger partial charge in [-0.3, -0.25) is 4.79 Å². The van der Waals surface area contributed by atoms with Gasteiger partial charge in [-0.1, -0.05) is 70.7 Å². The molecule has 1 amide bonds. The van der Waals surface area contributed by atoms with E-state index in [0.717, 1.165) is 5.56 Å². The van der Waals surface area contributed by atoms with Gasteiger partial charge in [0.1, 0.15) is 24.0 Å². The van der Waals surface area contributed by atoms with Crippen LogP contribution in [0.1, 0.15) is 22.3 Å². The SMILES string of the molecule is Cc1cc(C)cc(COc2ccc(/C=C(\C#N)C(=O)Nc3ccccc3Cl)cc2Cl)c1. The number of hydrogen-bond acceptors (Lipinski definition) is 3. The molecule has 0 aromatic heterocycles. The van der Waals surface area contributed by atoms with E-state index in [1.54, 1.807) is 42.5 Å². The van der Waals surface area contributed by atoms with E-state index in [1.165, 1.54) is 17.2 Å². The summed E-state index contributed by atoms with van der Waals surface area (Å²) in [7, 11) is 0. The summed E-state index contributed by atoms with van der Waals surface area (Å²) >= 11 is 12.4. The Bertz CT molecular complexity index is 1180. The van der Waals surface area contributed by atoms with E-state index in [1.807, 2.05) is 19.9 Å². The molecule has 0 aliphatic heterocycles. The van der Waals surface area contributed by atoms with Crippen molar-refractivity contribution in [3.8, 4) is 11.8 Å². The quantitative estimate of drug-likeness (QED) is 0.334. The molecule has 3 aromatic rings. The molecule has 0 radical (unpaired) electrons. The molecule has 0 saturated heterocycles. The van der Waals surface area contributed by atoms with Crippen LogP contribution in [0.5, 0.6) is 5.75 Å². The first-order chi connectivity index (χ1) is 14.9. The van der Waals surface area contributed by atoms with E-state index in [0.29, 0.717) is 33.7 Å². The monoisotopic (exact) mass is 450 g/mol. The zero-order valence-electron chi connectivity index (χ0n) is 17.1. The largest absolute Gasteiger partial charge is 0.487 e. The summed E-state index contributed by atoms with van der Waals surface area (Å²) < 4.78 is 5.85. The lowest BCUT2D eigenvalue weighted by Crippen LogP contribution is -2.13. The number of halogens is 2. The Hall–Kier alpha value is -3.26. The van der Waals surface area contributed by atoms with Crippen molar-refractivity contribution in [2.75, 3.05) is 5.32 Å². The van der Waals surface area contributed by atoms with Gasteiger partial charge in [0.15, 0.2) is 0 Å². The molecule has 0 unspecified atom stereocenters. The third-order valence-electron chi connectivity index (χ3n) is 4.43. The van der Waals surface area contributed by atoms with Crippen molar-refractivity contribution < 1.29 is 9.53 Å². The second-order valence-corrected chi connectivity index (χ2v) is 7.89. The van der Waals surface area contributed by atoms with Crippen molar-refractivity contribution in [2.24, 2.45) is 0 Å². The lowest BCUT2D eigenvalue weighted by Gasteiger charge is -2.10. The lowest BCUT2D eigenvalue weighted by atomic mass is 10.1. The van der Waals surface area contributed by atoms with E-state index >= 15 is 0 Å². The highest BCUT2D eigenvalue weighted by atomic mass is 35.5. The smallest absolute Gasteiger partial charge is 0.266 e. The predicted octanol–water partition coefficient (Wildman–Crippen LogP) is 6.73. The number of carbonyl (C=O) groups is 1. The number of benzene rings is 3. The maximum atomic E-state index is 12.4. The first kappa shape index (κ1) is 22.4. The van der Waals surface area contributed by atoms with Gasteiger partial charge in [-0.2, -0.15) is 5.26 Å². The van der Waals surface area contributed by atoms with Crippen molar-refractivity contribution in [3.05, 3.63) is 98.5 Å². The van der Waals surface area contributed by atoms with Gasteiger partial charge in [0, 0.05) is 0 Å². The first-order valence-corrected chi connectivity index (χ1v) is 10.3. The van der Waals surface area contributed by atoms with Crippen LogP contribution >= 0.6 is 23.2 Å². The molecule has 6 heteroatoms. The van der Waals surface area contributed by atoms with Crippen LogP contribution in [-0.4, -0.2) is 5.91 Å². The number of para-hydroxylation sites is 1. The topological polar surface area (TPSA) is 62.1 Å². The Balaban J connectivity index is 1.73. The number of ether oxygens (including phenoxy) is 1. The molecule has 3 rings (SSSR count). The van der Waals surface area contributed by atoms with Crippen LogP contribution in [0.2, 0.25) is 10.0 Å². The summed E-state index contributed by atoms with van der Waals surface area (Å²) in [5.41, 5.74) is 4.37. The van der Waals surface area contributed by atoms with Crippen LogP contribution < -0.4 is 10.1 Å². The van der Waals surface area contributed by atoms with Gasteiger partial charge in [0.2, 0.25) is 0 Å². The maximum absolute atomic E-state index is 12.4. The summed E-state index contributed by atoms with van der Waals surface area (Å²) in [4.78, 5) is 12.4. The van der Waals surface area contributed by atoms with Crippen LogP contribution in [0.15, 0.2) is 66.2 Å². The average Bonchev–Trinajstić information content (AvgIpc) is 2.72. The van der Waals surface area contributed by atoms with Gasteiger partial charge in [-0.05, 0) is 55.3 Å². The number of rotatable bonds is 6. The summed E-state index contributed by atoms with van der Waals surface area (Å²) in [6.07, 6.45) is 1.46. The van der Waals surface area contributed by atoms with Crippen LogP contribution in [0.4, 0.5) is 5.69 Å². The van der Waals surface area contributed by atoms with Crippen LogP contribution in [-0.2, 0) is 11.4 Å². The second-order valence-electron chi connectivity index (χ2n) is 7.08. The fraction of sp³-hybridized carbons (Fsp3) is 0.120. The molecule has 31 heavy (non-hydrogen) atoms. The predicted molar refractivity (Wildman–Crippen MR) is 125 cm³/mol. The number of carbonyl (C=O) groups excluding carboxylic acids is 1. The molecule has 0 atom stereocenters. The van der Waals surface area contributed by atoms with Crippen molar-refractivity contribution in [1.82, 2.24) is 0 Å². The van der Waals surface area contributed by atoms with Gasteiger partial charge in [0.05, 0.1) is 15.7 Å². The fourth-order valence-corrected chi connectivity index (χ4v) is 3.53. The molecule has 0 aliphatic rings. The number of nitrogens with zero attached hydrogens (tertiary/aromatic N) is 1. The van der Waals surface area contributed by atoms with Crippen LogP contribution in [0.3, 0.4) is 0 Å². The molecule has 0 fully saturated rings. The highest BCUT2D eigenvalue weighted by molar-refractivity contribution is 6.34. The highest BCUT2D eigenvalue weighted by Gasteiger charge is 2.12. The first-order valence-electron chi connectivity index (χ1n) is 9.53. The highest BCUT2D eigenvalue weighted by Crippen LogP contribution is 2.28. The zero-order chi connectivity index (χ0) is 22.4. The maximum Gasteiger partial charge on any atom is 0.266 e. The third kappa shape index (κ3) is 6.11. The van der Waals surface area contributed by atoms with Gasteiger partial charge < -0.3 is 10.1 Å². The molecule has 3 aromatic carbocycles. The number of aryl methyl sites for hydroxylation is 2. The standard InChI is InChI=1S/C25H20Cl2N2O2/c1-16-9-17(2)11-19(10-16)15-31-24-8-7-18(13-22(24)27)12-20(14-28)25(30)29-23-6-4-3-5-21(23)26/h3-13H,15H2,1-2H3,(H,29,30)/b20-12+. The Kier molecular flexibility index (Phi) is 7.36. The lowest BCUT2D eigenvalue weighted by molar-refractivity contribution is -0.112. The minimum absolute atomic E-state index is 0.0695. The number of hydrogen-bond donors (Lipinski definition) is 1. The molecule has 0 bridgehead atoms. The van der Waals surface area contributed by atoms with E-state index in [4.69, 9.17) is 27.9 Å². The molecule has 156 valence electrons. The van der Waals surface area contributed by atoms with Gasteiger partial charge in [0.25, 0.3) is 5.91 Å². The van der Waals surface area contributed by atoms with E-state index < -0.39 is 5.91 Å². The van der Waals surface area contributed by atoms with E-state index in [9.17, 15) is 10.1 Å². The van der Waals surface area contributed by atoms with Crippen LogP contribution in [0.25, 0.3) is 6.08 Å². The second kappa shape index (κ2) is 10.2. The minimum Gasteiger partial charge on any atom is -0.487 e. The van der Waals surface area contributed by atoms with E-state index in [2.05, 4.69) is 23.5 Å². The number of nitrogens with one attached hydrogen (secondary N) is 1. The van der Waals surface area contributed by atoms with Crippen molar-refractivity contribution in [2.45, 2.75) is 20.5 Å².